The molecule has 3 aliphatic rings. The molecule has 0 aliphatic heterocycles. The second kappa shape index (κ2) is 5.86. The predicted octanol–water partition coefficient (Wildman–Crippen LogP) is 4.35. The van der Waals surface area contributed by atoms with Gasteiger partial charge >= 0.3 is 5.54 Å². The summed E-state index contributed by atoms with van der Waals surface area (Å²) in [6.07, 6.45) is 0.221. The normalized spacial score (nSPS) is 41.1. The van der Waals surface area contributed by atoms with E-state index in [1.807, 2.05) is 12.1 Å². The molecule has 1 saturated carbocycles. The number of rotatable bonds is 1. The summed E-state index contributed by atoms with van der Waals surface area (Å²) >= 11 is 6.98. The van der Waals surface area contributed by atoms with E-state index in [1.54, 1.807) is 26.8 Å². The first kappa shape index (κ1) is 21.7. The number of carbonyl (C=O) groups is 1. The van der Waals surface area contributed by atoms with Crippen molar-refractivity contribution in [3.8, 4) is 0 Å². The molecule has 5 nitrogen and oxygen atoms in total. The van der Waals surface area contributed by atoms with Gasteiger partial charge in [0, 0.05) is 28.1 Å². The van der Waals surface area contributed by atoms with E-state index in [-0.39, 0.29) is 0 Å². The Labute approximate surface area is 193 Å². The third-order valence-electron chi connectivity index (χ3n) is 9.26. The van der Waals surface area contributed by atoms with Crippen molar-refractivity contribution in [2.24, 2.45) is 11.3 Å². The van der Waals surface area contributed by atoms with Crippen LogP contribution in [0, 0.1) is 17.9 Å². The Balaban J connectivity index is 2.11. The van der Waals surface area contributed by atoms with Crippen LogP contribution < -0.4 is 0 Å². The van der Waals surface area contributed by atoms with Gasteiger partial charge in [-0.05, 0) is 44.2 Å². The molecule has 0 spiro atoms. The quantitative estimate of drug-likeness (QED) is 0.342. The number of Topliss-reactive ketones (excluding diaryl/α,β-unsaturated/α-hetero) is 1. The average molecular weight is 453 g/mol. The van der Waals surface area contributed by atoms with Crippen LogP contribution in [0.4, 0.5) is 0 Å². The highest BCUT2D eigenvalue weighted by Gasteiger charge is 2.83. The van der Waals surface area contributed by atoms with Gasteiger partial charge in [-0.25, -0.2) is 6.57 Å². The minimum absolute atomic E-state index is 0.409. The van der Waals surface area contributed by atoms with E-state index in [4.69, 9.17) is 18.2 Å². The summed E-state index contributed by atoms with van der Waals surface area (Å²) in [6.45, 7) is 21.7. The molecule has 0 bridgehead atoms. The van der Waals surface area contributed by atoms with Gasteiger partial charge in [0.2, 0.25) is 0 Å². The first-order valence-corrected chi connectivity index (χ1v) is 11.5. The number of alkyl halides is 1. The number of ketones is 1. The number of aromatic amines is 1. The molecule has 1 fully saturated rings. The molecule has 0 amide bonds. The molecule has 0 radical (unpaired) electrons. The lowest BCUT2D eigenvalue weighted by Crippen LogP contribution is -2.76. The zero-order chi connectivity index (χ0) is 23.6. The van der Waals surface area contributed by atoms with Crippen LogP contribution in [0.15, 0.2) is 30.9 Å². The van der Waals surface area contributed by atoms with E-state index in [0.717, 1.165) is 16.5 Å². The number of halogens is 1. The topological polar surface area (TPSA) is 77.7 Å². The largest absolute Gasteiger partial charge is 0.378 e. The molecule has 3 N–H and O–H groups in total. The Bertz CT molecular complexity index is 1250. The van der Waals surface area contributed by atoms with E-state index >= 15 is 0 Å². The smallest absolute Gasteiger partial charge is 0.307 e. The summed E-state index contributed by atoms with van der Waals surface area (Å²) in [5.41, 5.74) is -3.70. The van der Waals surface area contributed by atoms with Crippen molar-refractivity contribution in [1.29, 1.82) is 0 Å². The molecular weight excluding hydrogens is 424 g/mol. The number of nitrogens with zero attached hydrogens (tertiary/aromatic N) is 1. The molecule has 1 heterocycles. The van der Waals surface area contributed by atoms with Gasteiger partial charge in [0.05, 0.1) is 16.2 Å². The van der Waals surface area contributed by atoms with Gasteiger partial charge in [0.15, 0.2) is 17.5 Å². The van der Waals surface area contributed by atoms with E-state index < -0.39 is 50.6 Å². The van der Waals surface area contributed by atoms with Crippen molar-refractivity contribution in [1.82, 2.24) is 4.98 Å². The first-order chi connectivity index (χ1) is 14.8. The number of aromatic nitrogens is 1. The van der Waals surface area contributed by atoms with Crippen molar-refractivity contribution in [2.75, 3.05) is 0 Å². The van der Waals surface area contributed by atoms with Crippen molar-refractivity contribution >= 4 is 28.3 Å². The predicted molar refractivity (Wildman–Crippen MR) is 125 cm³/mol. The number of nitrogens with one attached hydrogen (secondary N) is 1. The van der Waals surface area contributed by atoms with Crippen LogP contribution >= 0.6 is 11.6 Å². The van der Waals surface area contributed by atoms with Crippen LogP contribution in [0.2, 0.25) is 0 Å². The maximum absolute atomic E-state index is 13.9. The SMILES string of the molecule is [C-]#[N+]C12C(O)C(=O)C(C)(C)c3[nH]c4cccc5c4c3C1(O)C(CC(Cl)C2(C)C=C)C5(C)C. The van der Waals surface area contributed by atoms with Crippen LogP contribution in [0.5, 0.6) is 0 Å². The minimum Gasteiger partial charge on any atom is -0.378 e. The summed E-state index contributed by atoms with van der Waals surface area (Å²) in [5.74, 6) is -1.00. The lowest BCUT2D eigenvalue weighted by molar-refractivity contribution is -0.192. The molecule has 1 aromatic heterocycles. The van der Waals surface area contributed by atoms with Gasteiger partial charge in [-0.3, -0.25) is 4.79 Å². The van der Waals surface area contributed by atoms with Crippen LogP contribution in [0.25, 0.3) is 15.7 Å². The second-order valence-electron chi connectivity index (χ2n) is 11.1. The first-order valence-electron chi connectivity index (χ1n) is 11.1. The molecule has 5 rings (SSSR count). The van der Waals surface area contributed by atoms with Gasteiger partial charge in [-0.2, -0.15) is 0 Å². The van der Waals surface area contributed by atoms with Crippen LogP contribution in [-0.2, 0) is 21.2 Å². The molecule has 168 valence electrons. The summed E-state index contributed by atoms with van der Waals surface area (Å²) < 4.78 is 0. The Hall–Kier alpha value is -2.13. The lowest BCUT2D eigenvalue weighted by atomic mass is 9.42. The van der Waals surface area contributed by atoms with Gasteiger partial charge in [-0.15, -0.1) is 18.2 Å². The van der Waals surface area contributed by atoms with E-state index in [9.17, 15) is 15.0 Å². The Morgan fingerprint density at radius 3 is 2.53 bits per heavy atom. The highest BCUT2D eigenvalue weighted by atomic mass is 35.5. The molecule has 2 aromatic rings. The monoisotopic (exact) mass is 452 g/mol. The number of aliphatic hydroxyl groups excluding tert-OH is 1. The number of hydrogen-bond acceptors (Lipinski definition) is 3. The van der Waals surface area contributed by atoms with E-state index in [0.29, 0.717) is 17.7 Å². The molecular formula is C26H29ClN2O3. The van der Waals surface area contributed by atoms with E-state index in [2.05, 4.69) is 36.3 Å². The molecule has 6 heteroatoms. The number of hydrogen-bond donors (Lipinski definition) is 3. The summed E-state index contributed by atoms with van der Waals surface area (Å²) in [6, 6.07) is 5.96. The molecule has 6 unspecified atom stereocenters. The molecule has 6 atom stereocenters. The van der Waals surface area contributed by atoms with Gasteiger partial charge in [0.1, 0.15) is 0 Å². The van der Waals surface area contributed by atoms with E-state index in [1.165, 1.54) is 0 Å². The molecule has 32 heavy (non-hydrogen) atoms. The Kier molecular flexibility index (Phi) is 3.97. The number of carbonyl (C=O) groups excluding carboxylic acids is 1. The zero-order valence-electron chi connectivity index (χ0n) is 19.1. The standard InChI is InChI=1S/C26H29ClN2O3/c1-8-24(6)16(27)12-15-22(2,3)13-10-9-11-14-17(13)18-19(29-14)23(4,5)20(30)21(31)26(24,28-7)25(15,18)32/h8-11,15-16,21,29,31-32H,1,12H2,2-6H3. The lowest BCUT2D eigenvalue weighted by Gasteiger charge is -2.61. The Morgan fingerprint density at radius 2 is 1.94 bits per heavy atom. The van der Waals surface area contributed by atoms with Gasteiger partial charge in [0.25, 0.3) is 0 Å². The van der Waals surface area contributed by atoms with Gasteiger partial charge in [-0.1, -0.05) is 32.1 Å². The molecule has 1 aromatic carbocycles. The fourth-order valence-corrected chi connectivity index (χ4v) is 7.68. The number of benzene rings is 1. The fraction of sp³-hybridized carbons (Fsp3) is 0.538. The summed E-state index contributed by atoms with van der Waals surface area (Å²) in [7, 11) is 0. The van der Waals surface area contributed by atoms with Crippen LogP contribution in [0.1, 0.15) is 57.9 Å². The van der Waals surface area contributed by atoms with Crippen LogP contribution in [0.3, 0.4) is 0 Å². The third kappa shape index (κ3) is 1.87. The van der Waals surface area contributed by atoms with Crippen molar-refractivity contribution < 1.29 is 15.0 Å². The summed E-state index contributed by atoms with van der Waals surface area (Å²) in [4.78, 5) is 21.3. The highest BCUT2D eigenvalue weighted by molar-refractivity contribution is 6.21. The molecule has 3 aliphatic carbocycles. The zero-order valence-corrected chi connectivity index (χ0v) is 19.8. The minimum atomic E-state index is -1.93. The highest BCUT2D eigenvalue weighted by Crippen LogP contribution is 2.70. The van der Waals surface area contributed by atoms with Crippen LogP contribution in [-0.4, -0.2) is 38.0 Å². The van der Waals surface area contributed by atoms with Gasteiger partial charge < -0.3 is 20.0 Å². The maximum atomic E-state index is 13.9. The maximum Gasteiger partial charge on any atom is 0.307 e. The summed E-state index contributed by atoms with van der Waals surface area (Å²) in [5, 5.41) is 24.9. The van der Waals surface area contributed by atoms with Crippen molar-refractivity contribution in [3.63, 3.8) is 0 Å². The second-order valence-corrected chi connectivity index (χ2v) is 11.6. The third-order valence-corrected chi connectivity index (χ3v) is 9.89. The van der Waals surface area contributed by atoms with Crippen molar-refractivity contribution in [3.05, 3.63) is 59.1 Å². The Morgan fingerprint density at radius 1 is 1.28 bits per heavy atom. The number of H-pyrrole nitrogens is 1. The average Bonchev–Trinajstić information content (AvgIpc) is 3.14. The fourth-order valence-electron chi connectivity index (χ4n) is 7.25. The number of aliphatic hydroxyl groups is 2. The molecule has 0 saturated heterocycles. The van der Waals surface area contributed by atoms with Crippen molar-refractivity contribution in [2.45, 2.75) is 74.5 Å².